The summed E-state index contributed by atoms with van der Waals surface area (Å²) < 4.78 is 0. The van der Waals surface area contributed by atoms with Gasteiger partial charge in [0.15, 0.2) is 0 Å². The first kappa shape index (κ1) is 11.9. The third kappa shape index (κ3) is 1.49. The first-order chi connectivity index (χ1) is 8.67. The number of hydrogen-bond acceptors (Lipinski definition) is 2. The van der Waals surface area contributed by atoms with E-state index in [-0.39, 0.29) is 23.7 Å². The molecule has 2 fully saturated rings. The summed E-state index contributed by atoms with van der Waals surface area (Å²) in [6.07, 6.45) is 7.39. The monoisotopic (exact) mass is 247 g/mol. The van der Waals surface area contributed by atoms with Crippen LogP contribution in [0.25, 0.3) is 0 Å². The van der Waals surface area contributed by atoms with Crippen molar-refractivity contribution < 1.29 is 9.59 Å². The summed E-state index contributed by atoms with van der Waals surface area (Å²) in [6.45, 7) is 4.90. The van der Waals surface area contributed by atoms with Gasteiger partial charge in [-0.25, -0.2) is 0 Å². The van der Waals surface area contributed by atoms with Gasteiger partial charge in [-0.15, -0.1) is 0 Å². The highest BCUT2D eigenvalue weighted by atomic mass is 16.2. The van der Waals surface area contributed by atoms with Gasteiger partial charge < -0.3 is 0 Å². The highest BCUT2D eigenvalue weighted by Crippen LogP contribution is 2.52. The Labute approximate surface area is 108 Å². The molecule has 0 aromatic carbocycles. The van der Waals surface area contributed by atoms with E-state index in [0.717, 1.165) is 19.3 Å². The van der Waals surface area contributed by atoms with E-state index in [4.69, 9.17) is 0 Å². The minimum Gasteiger partial charge on any atom is -0.282 e. The molecule has 3 rings (SSSR count). The second-order valence-corrected chi connectivity index (χ2v) is 5.97. The minimum absolute atomic E-state index is 0.0261. The number of hydrogen-bond donors (Lipinski definition) is 0. The fourth-order valence-electron chi connectivity index (χ4n) is 3.95. The van der Waals surface area contributed by atoms with Crippen molar-refractivity contribution in [3.63, 3.8) is 0 Å². The lowest BCUT2D eigenvalue weighted by atomic mass is 9.85. The van der Waals surface area contributed by atoms with Gasteiger partial charge in [0.2, 0.25) is 11.8 Å². The lowest BCUT2D eigenvalue weighted by Crippen LogP contribution is -2.36. The van der Waals surface area contributed by atoms with Gasteiger partial charge in [-0.1, -0.05) is 38.8 Å². The van der Waals surface area contributed by atoms with Gasteiger partial charge in [-0.05, 0) is 24.2 Å². The fraction of sp³-hybridized carbons (Fsp3) is 0.733. The number of allylic oxidation sites excluding steroid dienone is 2. The Morgan fingerprint density at radius 1 is 1.11 bits per heavy atom. The van der Waals surface area contributed by atoms with E-state index < -0.39 is 0 Å². The third-order valence-electron chi connectivity index (χ3n) is 5.16. The van der Waals surface area contributed by atoms with Crippen LogP contribution in [-0.2, 0) is 9.59 Å². The van der Waals surface area contributed by atoms with Crippen molar-refractivity contribution in [1.29, 1.82) is 0 Å². The van der Waals surface area contributed by atoms with E-state index in [1.54, 1.807) is 4.90 Å². The molecule has 0 N–H and O–H groups in total. The van der Waals surface area contributed by atoms with Gasteiger partial charge in [0.05, 0.1) is 11.8 Å². The lowest BCUT2D eigenvalue weighted by molar-refractivity contribution is -0.141. The van der Waals surface area contributed by atoms with Crippen LogP contribution in [0.3, 0.4) is 0 Å². The van der Waals surface area contributed by atoms with Gasteiger partial charge in [0.1, 0.15) is 0 Å². The summed E-state index contributed by atoms with van der Waals surface area (Å²) in [5, 5.41) is 0. The molecule has 0 aromatic rings. The summed E-state index contributed by atoms with van der Waals surface area (Å²) in [5.41, 5.74) is 0. The maximum atomic E-state index is 12.4. The quantitative estimate of drug-likeness (QED) is 0.564. The molecule has 2 bridgehead atoms. The number of rotatable bonds is 4. The van der Waals surface area contributed by atoms with Crippen LogP contribution in [0.15, 0.2) is 12.2 Å². The molecule has 98 valence electrons. The second kappa shape index (κ2) is 4.22. The van der Waals surface area contributed by atoms with Gasteiger partial charge in [0.25, 0.3) is 0 Å². The van der Waals surface area contributed by atoms with Crippen LogP contribution in [-0.4, -0.2) is 23.3 Å². The average Bonchev–Trinajstić information content (AvgIpc) is 3.03. The Morgan fingerprint density at radius 2 is 1.61 bits per heavy atom. The number of carbonyl (C=O) groups is 2. The van der Waals surface area contributed by atoms with E-state index in [9.17, 15) is 9.59 Å². The molecule has 0 spiro atoms. The molecule has 1 saturated carbocycles. The zero-order valence-electron chi connectivity index (χ0n) is 11.1. The molecule has 1 aliphatic heterocycles. The van der Waals surface area contributed by atoms with Crippen LogP contribution in [0.2, 0.25) is 0 Å². The SMILES string of the molecule is CCC(CC)CN1C(=O)C2C3C=CC(C3)C2C1=O. The highest BCUT2D eigenvalue weighted by Gasteiger charge is 2.59. The Morgan fingerprint density at radius 3 is 2.06 bits per heavy atom. The normalized spacial score (nSPS) is 37.2. The predicted octanol–water partition coefficient (Wildman–Crippen LogP) is 2.23. The first-order valence-corrected chi connectivity index (χ1v) is 7.20. The Balaban J connectivity index is 1.79. The largest absolute Gasteiger partial charge is 0.282 e. The fourth-order valence-corrected chi connectivity index (χ4v) is 3.95. The van der Waals surface area contributed by atoms with Crippen molar-refractivity contribution in [1.82, 2.24) is 4.90 Å². The van der Waals surface area contributed by atoms with Crippen LogP contribution < -0.4 is 0 Å². The van der Waals surface area contributed by atoms with Crippen molar-refractivity contribution in [3.8, 4) is 0 Å². The predicted molar refractivity (Wildman–Crippen MR) is 68.5 cm³/mol. The smallest absolute Gasteiger partial charge is 0.233 e. The number of nitrogens with zero attached hydrogens (tertiary/aromatic N) is 1. The Kier molecular flexibility index (Phi) is 2.80. The van der Waals surface area contributed by atoms with Gasteiger partial charge in [-0.2, -0.15) is 0 Å². The number of carbonyl (C=O) groups excluding carboxylic acids is 2. The molecule has 3 aliphatic rings. The van der Waals surface area contributed by atoms with Crippen molar-refractivity contribution >= 4 is 11.8 Å². The third-order valence-corrected chi connectivity index (χ3v) is 5.16. The molecule has 2 aliphatic carbocycles. The topological polar surface area (TPSA) is 37.4 Å². The van der Waals surface area contributed by atoms with Gasteiger partial charge >= 0.3 is 0 Å². The van der Waals surface area contributed by atoms with Crippen molar-refractivity contribution in [2.75, 3.05) is 6.54 Å². The molecule has 0 aromatic heterocycles. The zero-order chi connectivity index (χ0) is 12.9. The van der Waals surface area contributed by atoms with E-state index in [0.29, 0.717) is 24.3 Å². The van der Waals surface area contributed by atoms with Crippen LogP contribution in [0, 0.1) is 29.6 Å². The maximum absolute atomic E-state index is 12.4. The lowest BCUT2D eigenvalue weighted by Gasteiger charge is -2.22. The molecule has 3 nitrogen and oxygen atoms in total. The van der Waals surface area contributed by atoms with Crippen LogP contribution in [0.5, 0.6) is 0 Å². The zero-order valence-corrected chi connectivity index (χ0v) is 11.1. The van der Waals surface area contributed by atoms with E-state index >= 15 is 0 Å². The Bertz CT molecular complexity index is 381. The summed E-state index contributed by atoms with van der Waals surface area (Å²) in [7, 11) is 0. The summed E-state index contributed by atoms with van der Waals surface area (Å²) >= 11 is 0. The second-order valence-electron chi connectivity index (χ2n) is 5.97. The first-order valence-electron chi connectivity index (χ1n) is 7.20. The van der Waals surface area contributed by atoms with Crippen LogP contribution in [0.1, 0.15) is 33.1 Å². The van der Waals surface area contributed by atoms with Gasteiger partial charge in [-0.3, -0.25) is 14.5 Å². The molecule has 4 atom stereocenters. The molecule has 1 heterocycles. The minimum atomic E-state index is -0.0261. The molecule has 1 saturated heterocycles. The molecule has 18 heavy (non-hydrogen) atoms. The summed E-state index contributed by atoms with van der Waals surface area (Å²) in [5.74, 6) is 1.29. The number of likely N-dealkylation sites (tertiary alicyclic amines) is 1. The molecular formula is C15H21NO2. The number of imide groups is 1. The highest BCUT2D eigenvalue weighted by molar-refractivity contribution is 6.06. The Hall–Kier alpha value is -1.12. The van der Waals surface area contributed by atoms with E-state index in [1.165, 1.54) is 0 Å². The molecular weight excluding hydrogens is 226 g/mol. The maximum Gasteiger partial charge on any atom is 0.233 e. The molecule has 3 heteroatoms. The number of amides is 2. The van der Waals surface area contributed by atoms with Crippen LogP contribution >= 0.6 is 0 Å². The van der Waals surface area contributed by atoms with Gasteiger partial charge in [0, 0.05) is 6.54 Å². The van der Waals surface area contributed by atoms with Crippen LogP contribution in [0.4, 0.5) is 0 Å². The molecule has 2 amide bonds. The average molecular weight is 247 g/mol. The standard InChI is InChI=1S/C15H21NO2/c1-3-9(4-2)8-16-14(17)12-10-5-6-11(7-10)13(12)15(16)18/h5-6,9-13H,3-4,7-8H2,1-2H3. The molecule has 0 radical (unpaired) electrons. The van der Waals surface area contributed by atoms with E-state index in [1.807, 2.05) is 0 Å². The molecule has 4 unspecified atom stereocenters. The van der Waals surface area contributed by atoms with Crippen molar-refractivity contribution in [2.24, 2.45) is 29.6 Å². The summed E-state index contributed by atoms with van der Waals surface area (Å²) in [4.78, 5) is 26.4. The van der Waals surface area contributed by atoms with Crippen molar-refractivity contribution in [3.05, 3.63) is 12.2 Å². The number of fused-ring (bicyclic) bond motifs is 5. The van der Waals surface area contributed by atoms with E-state index in [2.05, 4.69) is 26.0 Å². The summed E-state index contributed by atoms with van der Waals surface area (Å²) in [6, 6.07) is 0. The van der Waals surface area contributed by atoms with Crippen molar-refractivity contribution in [2.45, 2.75) is 33.1 Å².